The zero-order valence-corrected chi connectivity index (χ0v) is 18.0. The van der Waals surface area contributed by atoms with E-state index < -0.39 is 17.7 Å². The smallest absolute Gasteiger partial charge is 0.295 e. The number of aliphatic hydroxyl groups excluding tert-OH is 1. The molecule has 4 rings (SSSR count). The van der Waals surface area contributed by atoms with Gasteiger partial charge < -0.3 is 19.5 Å². The van der Waals surface area contributed by atoms with Gasteiger partial charge in [-0.3, -0.25) is 9.59 Å². The van der Waals surface area contributed by atoms with E-state index >= 15 is 0 Å². The maximum Gasteiger partial charge on any atom is 0.295 e. The van der Waals surface area contributed by atoms with Gasteiger partial charge in [-0.05, 0) is 49.6 Å². The molecule has 6 nitrogen and oxygen atoms in total. The second-order valence-corrected chi connectivity index (χ2v) is 8.04. The van der Waals surface area contributed by atoms with Crippen LogP contribution < -0.4 is 4.74 Å². The van der Waals surface area contributed by atoms with Gasteiger partial charge in [-0.2, -0.15) is 0 Å². The van der Waals surface area contributed by atoms with Crippen molar-refractivity contribution >= 4 is 29.1 Å². The molecule has 0 radical (unpaired) electrons. The van der Waals surface area contributed by atoms with Crippen LogP contribution in [0.4, 0.5) is 0 Å². The topological polar surface area (TPSA) is 76.1 Å². The lowest BCUT2D eigenvalue weighted by molar-refractivity contribution is -0.140. The molecule has 0 saturated carbocycles. The third-order valence-electron chi connectivity index (χ3n) is 5.55. The molecule has 1 N–H and O–H groups in total. The van der Waals surface area contributed by atoms with Crippen LogP contribution in [-0.4, -0.2) is 47.6 Å². The molecule has 0 aromatic heterocycles. The van der Waals surface area contributed by atoms with Crippen molar-refractivity contribution in [2.24, 2.45) is 0 Å². The van der Waals surface area contributed by atoms with Crippen molar-refractivity contribution in [3.8, 4) is 5.75 Å². The first kappa shape index (κ1) is 21.4. The molecule has 2 saturated heterocycles. The number of amides is 1. The molecule has 0 aliphatic carbocycles. The number of Topliss-reactive ketones (excluding diaryl/α,β-unsaturated/α-hetero) is 1. The minimum Gasteiger partial charge on any atom is -0.507 e. The second kappa shape index (κ2) is 9.12. The van der Waals surface area contributed by atoms with Gasteiger partial charge in [0.05, 0.1) is 24.3 Å². The standard InChI is InChI=1S/C24H24ClNO5/c1-2-30-18-9-4-6-15(13-18)21-20(22(27)16-7-3-8-17(25)12-16)23(28)24(29)26(21)14-19-10-5-11-31-19/h3-4,6-9,12-13,19,21,27H,2,5,10-11,14H2,1H3/b22-20-. The van der Waals surface area contributed by atoms with Gasteiger partial charge in [-0.1, -0.05) is 35.9 Å². The predicted octanol–water partition coefficient (Wildman–Crippen LogP) is 4.34. The van der Waals surface area contributed by atoms with Crippen LogP contribution >= 0.6 is 11.6 Å². The Labute approximate surface area is 186 Å². The number of rotatable bonds is 6. The van der Waals surface area contributed by atoms with Crippen LogP contribution in [0.25, 0.3) is 5.76 Å². The molecule has 31 heavy (non-hydrogen) atoms. The number of hydrogen-bond acceptors (Lipinski definition) is 5. The van der Waals surface area contributed by atoms with Crippen LogP contribution in [0.1, 0.15) is 36.9 Å². The second-order valence-electron chi connectivity index (χ2n) is 7.60. The van der Waals surface area contributed by atoms with E-state index in [1.165, 1.54) is 4.90 Å². The van der Waals surface area contributed by atoms with Gasteiger partial charge in [0.2, 0.25) is 0 Å². The highest BCUT2D eigenvalue weighted by Crippen LogP contribution is 2.41. The van der Waals surface area contributed by atoms with Crippen molar-refractivity contribution in [2.45, 2.75) is 31.9 Å². The molecule has 0 spiro atoms. The third-order valence-corrected chi connectivity index (χ3v) is 5.78. The molecule has 7 heteroatoms. The number of benzene rings is 2. The van der Waals surface area contributed by atoms with Gasteiger partial charge in [0, 0.05) is 23.7 Å². The third kappa shape index (κ3) is 4.31. The van der Waals surface area contributed by atoms with Crippen molar-refractivity contribution < 1.29 is 24.2 Å². The van der Waals surface area contributed by atoms with Crippen molar-refractivity contribution in [3.63, 3.8) is 0 Å². The molecule has 2 aromatic carbocycles. The Morgan fingerprint density at radius 2 is 2.03 bits per heavy atom. The lowest BCUT2D eigenvalue weighted by atomic mass is 9.95. The maximum absolute atomic E-state index is 13.1. The lowest BCUT2D eigenvalue weighted by Gasteiger charge is -2.27. The fraction of sp³-hybridized carbons (Fsp3) is 0.333. The van der Waals surface area contributed by atoms with E-state index in [4.69, 9.17) is 21.1 Å². The van der Waals surface area contributed by atoms with Gasteiger partial charge in [0.15, 0.2) is 0 Å². The number of hydrogen-bond donors (Lipinski definition) is 1. The molecule has 2 fully saturated rings. The van der Waals surface area contributed by atoms with E-state index in [2.05, 4.69) is 0 Å². The van der Waals surface area contributed by atoms with Gasteiger partial charge in [0.25, 0.3) is 11.7 Å². The number of aliphatic hydroxyl groups is 1. The summed E-state index contributed by atoms with van der Waals surface area (Å²) in [5.41, 5.74) is 1.11. The maximum atomic E-state index is 13.1. The van der Waals surface area contributed by atoms with Crippen LogP contribution in [-0.2, 0) is 14.3 Å². The monoisotopic (exact) mass is 441 g/mol. The molecule has 2 heterocycles. The SMILES string of the molecule is CCOc1cccc(C2/C(=C(/O)c3cccc(Cl)c3)C(=O)C(=O)N2CC2CCCO2)c1. The largest absolute Gasteiger partial charge is 0.507 e. The molecular weight excluding hydrogens is 418 g/mol. The lowest BCUT2D eigenvalue weighted by Crippen LogP contribution is -2.36. The minimum atomic E-state index is -0.747. The van der Waals surface area contributed by atoms with Crippen LogP contribution in [0.3, 0.4) is 0 Å². The van der Waals surface area contributed by atoms with Gasteiger partial charge in [-0.15, -0.1) is 0 Å². The molecule has 2 aliphatic rings. The van der Waals surface area contributed by atoms with Crippen LogP contribution in [0.5, 0.6) is 5.75 Å². The molecule has 2 atom stereocenters. The summed E-state index contributed by atoms with van der Waals surface area (Å²) < 4.78 is 11.3. The van der Waals surface area contributed by atoms with E-state index in [1.54, 1.807) is 30.3 Å². The van der Waals surface area contributed by atoms with Crippen LogP contribution in [0, 0.1) is 0 Å². The zero-order valence-electron chi connectivity index (χ0n) is 17.2. The summed E-state index contributed by atoms with van der Waals surface area (Å²) in [7, 11) is 0. The highest BCUT2D eigenvalue weighted by molar-refractivity contribution is 6.46. The fourth-order valence-electron chi connectivity index (χ4n) is 4.15. The number of carbonyl (C=O) groups is 2. The average Bonchev–Trinajstić information content (AvgIpc) is 3.36. The van der Waals surface area contributed by atoms with Crippen molar-refractivity contribution in [2.75, 3.05) is 19.8 Å². The summed E-state index contributed by atoms with van der Waals surface area (Å²) in [4.78, 5) is 27.6. The number of ether oxygens (including phenoxy) is 2. The van der Waals surface area contributed by atoms with Gasteiger partial charge in [-0.25, -0.2) is 0 Å². The molecule has 2 unspecified atom stereocenters. The summed E-state index contributed by atoms with van der Waals surface area (Å²) in [6.07, 6.45) is 1.60. The molecule has 1 amide bonds. The molecule has 0 bridgehead atoms. The number of likely N-dealkylation sites (tertiary alicyclic amines) is 1. The Bertz CT molecular complexity index is 1030. The van der Waals surface area contributed by atoms with Crippen molar-refractivity contribution in [1.82, 2.24) is 4.90 Å². The van der Waals surface area contributed by atoms with E-state index in [9.17, 15) is 14.7 Å². The zero-order chi connectivity index (χ0) is 22.0. The molecular formula is C24H24ClNO5. The fourth-order valence-corrected chi connectivity index (χ4v) is 4.35. The average molecular weight is 442 g/mol. The van der Waals surface area contributed by atoms with E-state index in [0.29, 0.717) is 35.1 Å². The first-order valence-electron chi connectivity index (χ1n) is 10.4. The quantitative estimate of drug-likeness (QED) is 0.410. The molecule has 2 aromatic rings. The first-order valence-corrected chi connectivity index (χ1v) is 10.8. The Morgan fingerprint density at radius 3 is 2.74 bits per heavy atom. The van der Waals surface area contributed by atoms with E-state index in [-0.39, 0.29) is 24.0 Å². The minimum absolute atomic E-state index is 0.0407. The van der Waals surface area contributed by atoms with Crippen molar-refractivity contribution in [1.29, 1.82) is 0 Å². The Kier molecular flexibility index (Phi) is 6.30. The van der Waals surface area contributed by atoms with Crippen LogP contribution in [0.2, 0.25) is 5.02 Å². The van der Waals surface area contributed by atoms with Crippen LogP contribution in [0.15, 0.2) is 54.1 Å². The number of ketones is 1. The first-order chi connectivity index (χ1) is 15.0. The number of nitrogens with zero attached hydrogens (tertiary/aromatic N) is 1. The summed E-state index contributed by atoms with van der Waals surface area (Å²) in [5.74, 6) is -0.985. The van der Waals surface area contributed by atoms with E-state index in [0.717, 1.165) is 12.8 Å². The summed E-state index contributed by atoms with van der Waals surface area (Å²) in [5, 5.41) is 11.5. The highest BCUT2D eigenvalue weighted by atomic mass is 35.5. The molecule has 162 valence electrons. The Hall–Kier alpha value is -2.83. The molecule has 2 aliphatic heterocycles. The predicted molar refractivity (Wildman–Crippen MR) is 117 cm³/mol. The van der Waals surface area contributed by atoms with Gasteiger partial charge >= 0.3 is 0 Å². The Balaban J connectivity index is 1.83. The number of carbonyl (C=O) groups excluding carboxylic acids is 2. The number of halogens is 1. The highest BCUT2D eigenvalue weighted by Gasteiger charge is 2.47. The normalized spacial score (nSPS) is 22.8. The Morgan fingerprint density at radius 1 is 1.23 bits per heavy atom. The van der Waals surface area contributed by atoms with Crippen molar-refractivity contribution in [3.05, 3.63) is 70.3 Å². The van der Waals surface area contributed by atoms with Gasteiger partial charge in [0.1, 0.15) is 11.5 Å². The summed E-state index contributed by atoms with van der Waals surface area (Å²) >= 11 is 6.08. The summed E-state index contributed by atoms with van der Waals surface area (Å²) in [6, 6.07) is 13.1. The van der Waals surface area contributed by atoms with E-state index in [1.807, 2.05) is 25.1 Å². The summed E-state index contributed by atoms with van der Waals surface area (Å²) in [6.45, 7) is 3.29.